The zero-order chi connectivity index (χ0) is 19.1. The molecule has 1 spiro atoms. The molecule has 3 heterocycles. The summed E-state index contributed by atoms with van der Waals surface area (Å²) in [6.07, 6.45) is 8.47. The molecule has 3 aromatic rings. The molecule has 1 aliphatic heterocycles. The van der Waals surface area contributed by atoms with Crippen LogP contribution in [0.4, 0.5) is 5.13 Å². The van der Waals surface area contributed by atoms with E-state index in [4.69, 9.17) is 5.11 Å². The van der Waals surface area contributed by atoms with E-state index < -0.39 is 5.97 Å². The number of aromatic nitrogens is 5. The Balaban J connectivity index is 1.30. The van der Waals surface area contributed by atoms with Crippen molar-refractivity contribution in [2.24, 2.45) is 0 Å². The molecule has 142 valence electrons. The van der Waals surface area contributed by atoms with Gasteiger partial charge in [0.1, 0.15) is 0 Å². The molecule has 2 aromatic heterocycles. The van der Waals surface area contributed by atoms with Crippen molar-refractivity contribution in [1.29, 1.82) is 0 Å². The fourth-order valence-corrected chi connectivity index (χ4v) is 4.90. The second-order valence-corrected chi connectivity index (χ2v) is 8.12. The van der Waals surface area contributed by atoms with Crippen molar-refractivity contribution in [2.75, 3.05) is 18.0 Å². The number of benzene rings is 1. The molecule has 5 rings (SSSR count). The number of hydrogen-bond acceptors (Lipinski definition) is 7. The van der Waals surface area contributed by atoms with Gasteiger partial charge in [-0.15, -0.1) is 10.2 Å². The van der Waals surface area contributed by atoms with E-state index in [9.17, 15) is 4.79 Å². The summed E-state index contributed by atoms with van der Waals surface area (Å²) in [6, 6.07) is 8.65. The fraction of sp³-hybridized carbons (Fsp3) is 0.316. The van der Waals surface area contributed by atoms with E-state index in [1.807, 2.05) is 0 Å². The number of tetrazole rings is 1. The van der Waals surface area contributed by atoms with Gasteiger partial charge in [0.25, 0.3) is 0 Å². The summed E-state index contributed by atoms with van der Waals surface area (Å²) in [5.41, 5.74) is 2.92. The van der Waals surface area contributed by atoms with Crippen LogP contribution in [-0.2, 0) is 16.8 Å². The quantitative estimate of drug-likeness (QED) is 0.726. The number of hydrogen-bond donors (Lipinski definition) is 1. The monoisotopic (exact) mass is 394 g/mol. The van der Waals surface area contributed by atoms with Gasteiger partial charge in [-0.25, -0.2) is 4.98 Å². The Morgan fingerprint density at radius 1 is 1.25 bits per heavy atom. The predicted octanol–water partition coefficient (Wildman–Crippen LogP) is 2.45. The van der Waals surface area contributed by atoms with Crippen molar-refractivity contribution in [1.82, 2.24) is 25.2 Å². The van der Waals surface area contributed by atoms with E-state index in [1.165, 1.54) is 22.5 Å². The summed E-state index contributed by atoms with van der Waals surface area (Å²) in [5, 5.41) is 21.6. The topological polar surface area (TPSA) is 97.0 Å². The summed E-state index contributed by atoms with van der Waals surface area (Å²) in [4.78, 5) is 19.5. The van der Waals surface area contributed by atoms with Crippen molar-refractivity contribution in [3.8, 4) is 10.7 Å². The van der Waals surface area contributed by atoms with Gasteiger partial charge in [0.05, 0.1) is 11.1 Å². The number of fused-ring (bicyclic) bond motifs is 2. The van der Waals surface area contributed by atoms with E-state index in [-0.39, 0.29) is 12.0 Å². The van der Waals surface area contributed by atoms with Crippen LogP contribution in [0.2, 0.25) is 0 Å². The Labute approximate surface area is 165 Å². The van der Waals surface area contributed by atoms with Crippen LogP contribution in [0.1, 0.15) is 24.0 Å². The van der Waals surface area contributed by atoms with Gasteiger partial charge in [0.2, 0.25) is 5.82 Å². The summed E-state index contributed by atoms with van der Waals surface area (Å²) in [7, 11) is 0. The van der Waals surface area contributed by atoms with Crippen molar-refractivity contribution >= 4 is 28.5 Å². The lowest BCUT2D eigenvalue weighted by Crippen LogP contribution is -2.41. The van der Waals surface area contributed by atoms with Gasteiger partial charge in [-0.3, -0.25) is 4.79 Å². The van der Waals surface area contributed by atoms with Gasteiger partial charge >= 0.3 is 5.97 Å². The van der Waals surface area contributed by atoms with Crippen LogP contribution in [0, 0.1) is 0 Å². The molecule has 1 aromatic carbocycles. The van der Waals surface area contributed by atoms with E-state index in [1.54, 1.807) is 6.20 Å². The van der Waals surface area contributed by atoms with E-state index in [0.29, 0.717) is 5.82 Å². The minimum atomic E-state index is -1.00. The molecule has 0 saturated carbocycles. The Kier molecular flexibility index (Phi) is 3.97. The lowest BCUT2D eigenvalue weighted by molar-refractivity contribution is -0.138. The maximum Gasteiger partial charge on any atom is 0.327 e. The fourth-order valence-electron chi connectivity index (χ4n) is 4.01. The highest BCUT2D eigenvalue weighted by molar-refractivity contribution is 7.18. The Hall–Kier alpha value is -3.07. The molecule has 0 amide bonds. The van der Waals surface area contributed by atoms with Crippen LogP contribution in [0.5, 0.6) is 0 Å². The summed E-state index contributed by atoms with van der Waals surface area (Å²) in [6.45, 7) is 1.57. The number of aliphatic carboxylic acids is 1. The summed E-state index contributed by atoms with van der Waals surface area (Å²) >= 11 is 1.51. The molecule has 2 aliphatic rings. The van der Waals surface area contributed by atoms with E-state index >= 15 is 0 Å². The SMILES string of the molecule is O=C(O)Cn1nnc(-c2cnc(N3CCC4(C=Cc5ccccc54)CC3)s2)n1. The molecule has 1 saturated heterocycles. The number of carbonyl (C=O) groups is 1. The number of piperidine rings is 1. The van der Waals surface area contributed by atoms with Crippen LogP contribution in [-0.4, -0.2) is 49.4 Å². The minimum Gasteiger partial charge on any atom is -0.480 e. The predicted molar refractivity (Wildman–Crippen MR) is 105 cm³/mol. The van der Waals surface area contributed by atoms with Crippen molar-refractivity contribution in [2.45, 2.75) is 24.8 Å². The Morgan fingerprint density at radius 2 is 2.07 bits per heavy atom. The third-order valence-electron chi connectivity index (χ3n) is 5.45. The van der Waals surface area contributed by atoms with Crippen LogP contribution >= 0.6 is 11.3 Å². The zero-order valence-corrected chi connectivity index (χ0v) is 15.8. The smallest absolute Gasteiger partial charge is 0.327 e. The lowest BCUT2D eigenvalue weighted by atomic mass is 9.75. The van der Waals surface area contributed by atoms with Crippen molar-refractivity contribution in [3.05, 3.63) is 47.7 Å². The number of carboxylic acid groups (broad SMARTS) is 1. The van der Waals surface area contributed by atoms with Gasteiger partial charge < -0.3 is 10.0 Å². The highest BCUT2D eigenvalue weighted by atomic mass is 32.1. The third kappa shape index (κ3) is 2.88. The maximum absolute atomic E-state index is 10.8. The largest absolute Gasteiger partial charge is 0.480 e. The summed E-state index contributed by atoms with van der Waals surface area (Å²) in [5.74, 6) is -0.593. The molecule has 1 aliphatic carbocycles. The van der Waals surface area contributed by atoms with E-state index in [0.717, 1.165) is 40.7 Å². The summed E-state index contributed by atoms with van der Waals surface area (Å²) < 4.78 is 0. The van der Waals surface area contributed by atoms with Gasteiger partial charge in [-0.1, -0.05) is 47.8 Å². The van der Waals surface area contributed by atoms with Crippen LogP contribution < -0.4 is 4.90 Å². The molecule has 0 radical (unpaired) electrons. The first-order valence-corrected chi connectivity index (χ1v) is 9.94. The number of rotatable bonds is 4. The normalized spacial score (nSPS) is 17.2. The lowest BCUT2D eigenvalue weighted by Gasteiger charge is -2.39. The first kappa shape index (κ1) is 17.1. The molecular weight excluding hydrogens is 376 g/mol. The van der Waals surface area contributed by atoms with Crippen LogP contribution in [0.15, 0.2) is 36.5 Å². The van der Waals surface area contributed by atoms with Gasteiger partial charge in [-0.2, -0.15) is 4.80 Å². The average Bonchev–Trinajstić information content (AvgIpc) is 3.42. The molecule has 9 heteroatoms. The highest BCUT2D eigenvalue weighted by Gasteiger charge is 2.38. The molecule has 0 unspecified atom stereocenters. The molecule has 8 nitrogen and oxygen atoms in total. The highest BCUT2D eigenvalue weighted by Crippen LogP contribution is 2.44. The zero-order valence-electron chi connectivity index (χ0n) is 15.0. The first-order chi connectivity index (χ1) is 13.6. The molecule has 1 N–H and O–H groups in total. The van der Waals surface area contributed by atoms with Crippen molar-refractivity contribution < 1.29 is 9.90 Å². The Morgan fingerprint density at radius 3 is 2.89 bits per heavy atom. The molecule has 0 atom stereocenters. The van der Waals surface area contributed by atoms with Gasteiger partial charge in [-0.05, 0) is 29.2 Å². The molecule has 0 bridgehead atoms. The maximum atomic E-state index is 10.8. The van der Waals surface area contributed by atoms with Crippen LogP contribution in [0.25, 0.3) is 16.8 Å². The van der Waals surface area contributed by atoms with Gasteiger partial charge in [0, 0.05) is 18.5 Å². The van der Waals surface area contributed by atoms with Crippen LogP contribution in [0.3, 0.4) is 0 Å². The number of nitrogens with zero attached hydrogens (tertiary/aromatic N) is 6. The second kappa shape index (κ2) is 6.52. The first-order valence-electron chi connectivity index (χ1n) is 9.12. The standard InChI is InChI=1S/C19H18N6O2S/c26-16(27)12-25-22-17(21-23-25)15-11-20-18(28-15)24-9-7-19(8-10-24)6-5-13-3-1-2-4-14(13)19/h1-6,11H,7-10,12H2,(H,26,27). The molecule has 1 fully saturated rings. The molecular formula is C19H18N6O2S. The number of allylic oxidation sites excluding steroid dienone is 1. The number of carboxylic acids is 1. The van der Waals surface area contributed by atoms with Gasteiger partial charge in [0.15, 0.2) is 11.7 Å². The molecule has 28 heavy (non-hydrogen) atoms. The second-order valence-electron chi connectivity index (χ2n) is 7.11. The van der Waals surface area contributed by atoms with E-state index in [2.05, 4.69) is 61.7 Å². The average molecular weight is 394 g/mol. The number of thiazole rings is 1. The minimum absolute atomic E-state index is 0.147. The Bertz CT molecular complexity index is 1060. The third-order valence-corrected chi connectivity index (χ3v) is 6.50. The number of anilines is 1. The van der Waals surface area contributed by atoms with Crippen molar-refractivity contribution in [3.63, 3.8) is 0 Å².